The van der Waals surface area contributed by atoms with E-state index in [9.17, 15) is 4.79 Å². The van der Waals surface area contributed by atoms with Gasteiger partial charge in [-0.2, -0.15) is 0 Å². The van der Waals surface area contributed by atoms with E-state index in [0.29, 0.717) is 12.5 Å². The monoisotopic (exact) mass is 297 g/mol. The fraction of sp³-hybridized carbons (Fsp3) is 0.444. The van der Waals surface area contributed by atoms with E-state index in [1.807, 2.05) is 26.4 Å². The quantitative estimate of drug-likeness (QED) is 0.868. The van der Waals surface area contributed by atoms with Crippen LogP contribution in [0.15, 0.2) is 36.5 Å². The third-order valence-electron chi connectivity index (χ3n) is 4.48. The van der Waals surface area contributed by atoms with Gasteiger partial charge >= 0.3 is 0 Å². The van der Waals surface area contributed by atoms with E-state index in [-0.39, 0.29) is 5.91 Å². The largest absolute Gasteiger partial charge is 0.348 e. The molecule has 0 bridgehead atoms. The van der Waals surface area contributed by atoms with Crippen LogP contribution in [0.1, 0.15) is 12.0 Å². The van der Waals surface area contributed by atoms with Crippen LogP contribution < -0.4 is 0 Å². The molecule has 0 radical (unpaired) electrons. The topological polar surface area (TPSA) is 36.4 Å². The molecule has 0 N–H and O–H groups in total. The molecule has 2 aromatic rings. The highest BCUT2D eigenvalue weighted by Crippen LogP contribution is 2.24. The zero-order chi connectivity index (χ0) is 15.5. The number of likely N-dealkylation sites (tertiary alicyclic amines) is 1. The van der Waals surface area contributed by atoms with E-state index >= 15 is 0 Å². The second kappa shape index (κ2) is 6.44. The molecular weight excluding hydrogens is 274 g/mol. The van der Waals surface area contributed by atoms with Gasteiger partial charge in [-0.3, -0.25) is 14.7 Å². The zero-order valence-electron chi connectivity index (χ0n) is 13.3. The first-order valence-corrected chi connectivity index (χ1v) is 7.88. The lowest BCUT2D eigenvalue weighted by Gasteiger charge is -2.18. The lowest BCUT2D eigenvalue weighted by Crippen LogP contribution is -2.35. The van der Waals surface area contributed by atoms with Gasteiger partial charge in [-0.15, -0.1) is 0 Å². The lowest BCUT2D eigenvalue weighted by molar-refractivity contribution is -0.129. The van der Waals surface area contributed by atoms with Crippen molar-refractivity contribution in [1.29, 1.82) is 0 Å². The SMILES string of the molecule is CN(C)C(=O)CN1CCC(Cc2ccnc3ccccc23)C1. The van der Waals surface area contributed by atoms with Crippen molar-refractivity contribution < 1.29 is 4.79 Å². The summed E-state index contributed by atoms with van der Waals surface area (Å²) in [4.78, 5) is 20.2. The van der Waals surface area contributed by atoms with Crippen LogP contribution in [0.3, 0.4) is 0 Å². The molecule has 1 saturated heterocycles. The van der Waals surface area contributed by atoms with Crippen LogP contribution in [0.5, 0.6) is 0 Å². The molecule has 0 spiro atoms. The van der Waals surface area contributed by atoms with Crippen molar-refractivity contribution in [3.63, 3.8) is 0 Å². The number of hydrogen-bond donors (Lipinski definition) is 0. The Bertz CT molecular complexity index is 663. The third kappa shape index (κ3) is 3.28. The highest BCUT2D eigenvalue weighted by Gasteiger charge is 2.25. The first kappa shape index (κ1) is 15.0. The van der Waals surface area contributed by atoms with E-state index in [0.717, 1.165) is 31.4 Å². The van der Waals surface area contributed by atoms with Crippen molar-refractivity contribution in [2.45, 2.75) is 12.8 Å². The minimum absolute atomic E-state index is 0.190. The summed E-state index contributed by atoms with van der Waals surface area (Å²) in [7, 11) is 3.64. The maximum Gasteiger partial charge on any atom is 0.236 e. The van der Waals surface area contributed by atoms with Gasteiger partial charge in [0.1, 0.15) is 0 Å². The Morgan fingerprint density at radius 3 is 2.95 bits per heavy atom. The molecule has 1 aromatic carbocycles. The number of likely N-dealkylation sites (N-methyl/N-ethyl adjacent to an activating group) is 1. The van der Waals surface area contributed by atoms with Gasteiger partial charge in [0.15, 0.2) is 0 Å². The van der Waals surface area contributed by atoms with Crippen LogP contribution in [0.25, 0.3) is 10.9 Å². The highest BCUT2D eigenvalue weighted by molar-refractivity contribution is 5.81. The molecule has 1 fully saturated rings. The standard InChI is InChI=1S/C18H23N3O/c1-20(2)18(22)13-21-10-8-14(12-21)11-15-7-9-19-17-6-4-3-5-16(15)17/h3-7,9,14H,8,10-13H2,1-2H3. The number of carbonyl (C=O) groups excluding carboxylic acids is 1. The summed E-state index contributed by atoms with van der Waals surface area (Å²) in [5.74, 6) is 0.816. The van der Waals surface area contributed by atoms with Gasteiger partial charge in [-0.1, -0.05) is 18.2 Å². The minimum Gasteiger partial charge on any atom is -0.348 e. The number of benzene rings is 1. The summed E-state index contributed by atoms with van der Waals surface area (Å²) in [6.07, 6.45) is 4.13. The van der Waals surface area contributed by atoms with E-state index in [1.54, 1.807) is 4.90 Å². The molecule has 0 saturated carbocycles. The smallest absolute Gasteiger partial charge is 0.236 e. The van der Waals surface area contributed by atoms with E-state index in [2.05, 4.69) is 34.1 Å². The number of pyridine rings is 1. The molecule has 1 aliphatic heterocycles. The number of nitrogens with zero attached hydrogens (tertiary/aromatic N) is 3. The molecule has 1 atom stereocenters. The summed E-state index contributed by atoms with van der Waals surface area (Å²) in [6, 6.07) is 10.5. The maximum absolute atomic E-state index is 11.8. The van der Waals surface area contributed by atoms with Crippen LogP contribution in [-0.4, -0.2) is 54.4 Å². The Morgan fingerprint density at radius 1 is 1.32 bits per heavy atom. The van der Waals surface area contributed by atoms with Gasteiger partial charge in [-0.25, -0.2) is 0 Å². The Labute approximate surface area is 131 Å². The van der Waals surface area contributed by atoms with Gasteiger partial charge in [0.05, 0.1) is 12.1 Å². The number of amides is 1. The summed E-state index contributed by atoms with van der Waals surface area (Å²) >= 11 is 0. The molecule has 1 aromatic heterocycles. The van der Waals surface area contributed by atoms with Crippen LogP contribution >= 0.6 is 0 Å². The predicted octanol–water partition coefficient (Wildman–Crippen LogP) is 2.19. The average Bonchev–Trinajstić information content (AvgIpc) is 2.94. The number of fused-ring (bicyclic) bond motifs is 1. The molecule has 1 aliphatic rings. The van der Waals surface area contributed by atoms with Crippen LogP contribution in [-0.2, 0) is 11.2 Å². The second-order valence-corrected chi connectivity index (χ2v) is 6.37. The van der Waals surface area contributed by atoms with E-state index in [4.69, 9.17) is 0 Å². The van der Waals surface area contributed by atoms with Gasteiger partial charge < -0.3 is 4.90 Å². The Hall–Kier alpha value is -1.94. The predicted molar refractivity (Wildman–Crippen MR) is 88.7 cm³/mol. The Balaban J connectivity index is 1.66. The van der Waals surface area contributed by atoms with Crippen molar-refractivity contribution in [3.05, 3.63) is 42.1 Å². The minimum atomic E-state index is 0.190. The summed E-state index contributed by atoms with van der Waals surface area (Å²) < 4.78 is 0. The van der Waals surface area contributed by atoms with Crippen LogP contribution in [0.2, 0.25) is 0 Å². The summed E-state index contributed by atoms with van der Waals surface area (Å²) in [5.41, 5.74) is 2.44. The fourth-order valence-corrected chi connectivity index (χ4v) is 3.20. The number of rotatable bonds is 4. The number of aromatic nitrogens is 1. The molecule has 22 heavy (non-hydrogen) atoms. The fourth-order valence-electron chi connectivity index (χ4n) is 3.20. The highest BCUT2D eigenvalue weighted by atomic mass is 16.2. The number of para-hydroxylation sites is 1. The lowest BCUT2D eigenvalue weighted by atomic mass is 9.96. The number of carbonyl (C=O) groups is 1. The molecule has 116 valence electrons. The normalized spacial score (nSPS) is 18.7. The molecule has 2 heterocycles. The molecule has 1 unspecified atom stereocenters. The van der Waals surface area contributed by atoms with Gasteiger partial charge in [-0.05, 0) is 43.0 Å². The van der Waals surface area contributed by atoms with Crippen LogP contribution in [0.4, 0.5) is 0 Å². The second-order valence-electron chi connectivity index (χ2n) is 6.37. The summed E-state index contributed by atoms with van der Waals surface area (Å²) in [6.45, 7) is 2.57. The Kier molecular flexibility index (Phi) is 4.39. The molecule has 0 aliphatic carbocycles. The first-order valence-electron chi connectivity index (χ1n) is 7.88. The van der Waals surface area contributed by atoms with Crippen LogP contribution in [0, 0.1) is 5.92 Å². The van der Waals surface area contributed by atoms with Crippen molar-refractivity contribution >= 4 is 16.8 Å². The third-order valence-corrected chi connectivity index (χ3v) is 4.48. The number of hydrogen-bond acceptors (Lipinski definition) is 3. The molecule has 4 nitrogen and oxygen atoms in total. The molecular formula is C18H23N3O. The van der Waals surface area contributed by atoms with Gasteiger partial charge in [0.25, 0.3) is 0 Å². The molecule has 3 rings (SSSR count). The van der Waals surface area contributed by atoms with Crippen molar-refractivity contribution in [2.24, 2.45) is 5.92 Å². The van der Waals surface area contributed by atoms with Gasteiger partial charge in [0.2, 0.25) is 5.91 Å². The first-order chi connectivity index (χ1) is 10.6. The molecule has 4 heteroatoms. The van der Waals surface area contributed by atoms with E-state index in [1.165, 1.54) is 10.9 Å². The molecule has 1 amide bonds. The van der Waals surface area contributed by atoms with Crippen molar-refractivity contribution in [3.8, 4) is 0 Å². The van der Waals surface area contributed by atoms with E-state index < -0.39 is 0 Å². The van der Waals surface area contributed by atoms with Crippen molar-refractivity contribution in [2.75, 3.05) is 33.7 Å². The van der Waals surface area contributed by atoms with Gasteiger partial charge in [0, 0.05) is 32.2 Å². The Morgan fingerprint density at radius 2 is 2.14 bits per heavy atom. The average molecular weight is 297 g/mol. The zero-order valence-corrected chi connectivity index (χ0v) is 13.3. The summed E-state index contributed by atoms with van der Waals surface area (Å²) in [5, 5.41) is 1.26. The van der Waals surface area contributed by atoms with Crippen molar-refractivity contribution in [1.82, 2.24) is 14.8 Å². The maximum atomic E-state index is 11.8.